The summed E-state index contributed by atoms with van der Waals surface area (Å²) in [5, 5.41) is 3.57. The third-order valence-corrected chi connectivity index (χ3v) is 2.89. The van der Waals surface area contributed by atoms with Gasteiger partial charge in [0.1, 0.15) is 0 Å². The molecule has 0 saturated carbocycles. The van der Waals surface area contributed by atoms with E-state index in [4.69, 9.17) is 9.26 Å². The van der Waals surface area contributed by atoms with Crippen LogP contribution in [0.3, 0.4) is 0 Å². The molecule has 1 aromatic rings. The van der Waals surface area contributed by atoms with Crippen molar-refractivity contribution in [1.82, 2.24) is 15.0 Å². The number of nitrogens with zero attached hydrogens (tertiary/aromatic N) is 3. The molecule has 6 heteroatoms. The average Bonchev–Trinajstić information content (AvgIpc) is 2.82. The second-order valence-electron chi connectivity index (χ2n) is 4.16. The molecule has 1 aromatic heterocycles. The van der Waals surface area contributed by atoms with E-state index in [1.165, 1.54) is 6.33 Å². The maximum absolute atomic E-state index is 11.6. The first-order valence-corrected chi connectivity index (χ1v) is 5.94. The molecule has 94 valence electrons. The fraction of sp³-hybridized carbons (Fsp3) is 0.727. The molecule has 0 spiro atoms. The highest BCUT2D eigenvalue weighted by atomic mass is 16.5. The lowest BCUT2D eigenvalue weighted by Gasteiger charge is -2.30. The normalized spacial score (nSPS) is 21.4. The van der Waals surface area contributed by atoms with Crippen LogP contribution in [0, 0.1) is 5.92 Å². The van der Waals surface area contributed by atoms with E-state index in [0.29, 0.717) is 25.6 Å². The molecule has 0 amide bonds. The van der Waals surface area contributed by atoms with Gasteiger partial charge in [0, 0.05) is 6.54 Å². The van der Waals surface area contributed by atoms with Crippen LogP contribution >= 0.6 is 0 Å². The highest BCUT2D eigenvalue weighted by molar-refractivity contribution is 5.72. The Kier molecular flexibility index (Phi) is 4.08. The van der Waals surface area contributed by atoms with Gasteiger partial charge in [-0.3, -0.25) is 9.69 Å². The van der Waals surface area contributed by atoms with E-state index < -0.39 is 0 Å². The maximum Gasteiger partial charge on any atom is 0.310 e. The molecule has 6 nitrogen and oxygen atoms in total. The Balaban J connectivity index is 1.86. The highest BCUT2D eigenvalue weighted by Crippen LogP contribution is 2.19. The Morgan fingerprint density at radius 3 is 3.29 bits per heavy atom. The maximum atomic E-state index is 11.6. The molecular formula is C11H17N3O3. The van der Waals surface area contributed by atoms with E-state index in [2.05, 4.69) is 15.0 Å². The quantitative estimate of drug-likeness (QED) is 0.725. The van der Waals surface area contributed by atoms with E-state index in [1.54, 1.807) is 0 Å². The smallest absolute Gasteiger partial charge is 0.310 e. The lowest BCUT2D eigenvalue weighted by Crippen LogP contribution is -2.39. The minimum Gasteiger partial charge on any atom is -0.466 e. The van der Waals surface area contributed by atoms with E-state index in [-0.39, 0.29) is 11.9 Å². The number of carbonyl (C=O) groups excluding carboxylic acids is 1. The van der Waals surface area contributed by atoms with Gasteiger partial charge in [-0.15, -0.1) is 0 Å². The van der Waals surface area contributed by atoms with Crippen molar-refractivity contribution in [2.45, 2.75) is 26.3 Å². The second kappa shape index (κ2) is 5.77. The molecule has 2 heterocycles. The third-order valence-electron chi connectivity index (χ3n) is 2.89. The van der Waals surface area contributed by atoms with Gasteiger partial charge in [-0.1, -0.05) is 5.16 Å². The molecule has 1 saturated heterocycles. The first kappa shape index (κ1) is 12.0. The van der Waals surface area contributed by atoms with Crippen LogP contribution in [-0.4, -0.2) is 40.7 Å². The van der Waals surface area contributed by atoms with Crippen LogP contribution in [0.4, 0.5) is 0 Å². The fourth-order valence-electron chi connectivity index (χ4n) is 2.11. The minimum atomic E-state index is -0.0947. The summed E-state index contributed by atoms with van der Waals surface area (Å²) in [6.07, 6.45) is 3.29. The molecule has 17 heavy (non-hydrogen) atoms. The summed E-state index contributed by atoms with van der Waals surface area (Å²) < 4.78 is 10.0. The van der Waals surface area contributed by atoms with Crippen molar-refractivity contribution < 1.29 is 14.1 Å². The number of ether oxygens (including phenoxy) is 1. The van der Waals surface area contributed by atoms with Crippen LogP contribution in [0.25, 0.3) is 0 Å². The van der Waals surface area contributed by atoms with Crippen LogP contribution in [0.2, 0.25) is 0 Å². The second-order valence-corrected chi connectivity index (χ2v) is 4.16. The number of hydrogen-bond acceptors (Lipinski definition) is 6. The lowest BCUT2D eigenvalue weighted by molar-refractivity contribution is -0.150. The molecule has 0 N–H and O–H groups in total. The zero-order valence-electron chi connectivity index (χ0n) is 9.96. The van der Waals surface area contributed by atoms with Gasteiger partial charge in [0.25, 0.3) is 0 Å². The van der Waals surface area contributed by atoms with E-state index in [0.717, 1.165) is 19.4 Å². The Morgan fingerprint density at radius 1 is 1.71 bits per heavy atom. The van der Waals surface area contributed by atoms with Gasteiger partial charge in [0.05, 0.1) is 19.1 Å². The monoisotopic (exact) mass is 239 g/mol. The molecule has 1 fully saturated rings. The standard InChI is InChI=1S/C11H17N3O3/c1-2-16-11(15)9-4-3-5-14(6-9)7-10-12-8-13-17-10/h8-9H,2-7H2,1H3/t9-/m0/s1. The van der Waals surface area contributed by atoms with Gasteiger partial charge in [0.15, 0.2) is 6.33 Å². The molecule has 1 aliphatic heterocycles. The van der Waals surface area contributed by atoms with Crippen LogP contribution in [-0.2, 0) is 16.1 Å². The van der Waals surface area contributed by atoms with Crippen molar-refractivity contribution >= 4 is 5.97 Å². The van der Waals surface area contributed by atoms with Crippen molar-refractivity contribution in [2.24, 2.45) is 5.92 Å². The van der Waals surface area contributed by atoms with Gasteiger partial charge >= 0.3 is 5.97 Å². The minimum absolute atomic E-state index is 0.0216. The Labute approximate surface area is 99.9 Å². The number of rotatable bonds is 4. The molecule has 1 atom stereocenters. The van der Waals surface area contributed by atoms with E-state index in [9.17, 15) is 4.79 Å². The lowest BCUT2D eigenvalue weighted by atomic mass is 9.98. The number of aromatic nitrogens is 2. The molecule has 2 rings (SSSR count). The Hall–Kier alpha value is -1.43. The van der Waals surface area contributed by atoms with Crippen LogP contribution in [0.5, 0.6) is 0 Å². The number of hydrogen-bond donors (Lipinski definition) is 0. The van der Waals surface area contributed by atoms with Crippen molar-refractivity contribution in [3.05, 3.63) is 12.2 Å². The summed E-state index contributed by atoms with van der Waals surface area (Å²) in [4.78, 5) is 17.8. The van der Waals surface area contributed by atoms with E-state index in [1.807, 2.05) is 6.92 Å². The van der Waals surface area contributed by atoms with Gasteiger partial charge in [-0.05, 0) is 26.3 Å². The number of likely N-dealkylation sites (tertiary alicyclic amines) is 1. The highest BCUT2D eigenvalue weighted by Gasteiger charge is 2.27. The Bertz CT molecular complexity index is 353. The van der Waals surface area contributed by atoms with Gasteiger partial charge < -0.3 is 9.26 Å². The van der Waals surface area contributed by atoms with Crippen molar-refractivity contribution in [1.29, 1.82) is 0 Å². The molecule has 0 aliphatic carbocycles. The van der Waals surface area contributed by atoms with Crippen molar-refractivity contribution in [3.63, 3.8) is 0 Å². The van der Waals surface area contributed by atoms with Crippen molar-refractivity contribution in [2.75, 3.05) is 19.7 Å². The summed E-state index contributed by atoms with van der Waals surface area (Å²) in [5.74, 6) is 0.476. The SMILES string of the molecule is CCOC(=O)[C@H]1CCCN(Cc2ncno2)C1. The first-order valence-electron chi connectivity index (χ1n) is 5.94. The molecule has 0 unspecified atom stereocenters. The predicted octanol–water partition coefficient (Wildman–Crippen LogP) is 0.845. The van der Waals surface area contributed by atoms with Crippen LogP contribution < -0.4 is 0 Å². The summed E-state index contributed by atoms with van der Waals surface area (Å²) >= 11 is 0. The first-order chi connectivity index (χ1) is 8.29. The molecule has 1 aliphatic rings. The van der Waals surface area contributed by atoms with E-state index >= 15 is 0 Å². The summed E-state index contributed by atoms with van der Waals surface area (Å²) in [7, 11) is 0. The number of esters is 1. The van der Waals surface area contributed by atoms with Crippen LogP contribution in [0.1, 0.15) is 25.7 Å². The molecule has 0 bridgehead atoms. The Morgan fingerprint density at radius 2 is 2.59 bits per heavy atom. The average molecular weight is 239 g/mol. The van der Waals surface area contributed by atoms with Crippen LogP contribution in [0.15, 0.2) is 10.9 Å². The van der Waals surface area contributed by atoms with Crippen molar-refractivity contribution in [3.8, 4) is 0 Å². The topological polar surface area (TPSA) is 68.5 Å². The molecule has 0 aromatic carbocycles. The summed E-state index contributed by atoms with van der Waals surface area (Å²) in [6.45, 7) is 4.55. The summed E-state index contributed by atoms with van der Waals surface area (Å²) in [6, 6.07) is 0. The fourth-order valence-corrected chi connectivity index (χ4v) is 2.11. The van der Waals surface area contributed by atoms with Gasteiger partial charge in [0.2, 0.25) is 5.89 Å². The largest absolute Gasteiger partial charge is 0.466 e. The zero-order valence-corrected chi connectivity index (χ0v) is 9.96. The number of carbonyl (C=O) groups is 1. The molecular weight excluding hydrogens is 222 g/mol. The predicted molar refractivity (Wildman–Crippen MR) is 58.9 cm³/mol. The zero-order chi connectivity index (χ0) is 12.1. The number of piperidine rings is 1. The third kappa shape index (κ3) is 3.26. The van der Waals surface area contributed by atoms with Gasteiger partial charge in [-0.25, -0.2) is 0 Å². The van der Waals surface area contributed by atoms with Gasteiger partial charge in [-0.2, -0.15) is 4.98 Å². The summed E-state index contributed by atoms with van der Waals surface area (Å²) in [5.41, 5.74) is 0. The molecule has 0 radical (unpaired) electrons.